The number of hydrogen-bond donors (Lipinski definition) is 2. The van der Waals surface area contributed by atoms with Crippen molar-refractivity contribution in [1.29, 1.82) is 0 Å². The molecular formula is C9H12BrNO3S. The minimum absolute atomic E-state index is 0.321. The molecule has 0 bridgehead atoms. The summed E-state index contributed by atoms with van der Waals surface area (Å²) in [7, 11) is -4.21. The van der Waals surface area contributed by atoms with Crippen molar-refractivity contribution in [3.05, 3.63) is 28.2 Å². The Morgan fingerprint density at radius 1 is 1.40 bits per heavy atom. The highest BCUT2D eigenvalue weighted by Crippen LogP contribution is 2.27. The fourth-order valence-corrected chi connectivity index (χ4v) is 2.19. The molecule has 6 heteroatoms. The molecule has 1 aromatic carbocycles. The molecule has 0 fully saturated rings. The SMILES string of the molecule is CC(C)c1ccc(NS(=O)(=O)O)c(Br)c1. The van der Waals surface area contributed by atoms with Gasteiger partial charge in [-0.15, -0.1) is 0 Å². The van der Waals surface area contributed by atoms with Crippen LogP contribution in [0.5, 0.6) is 0 Å². The highest BCUT2D eigenvalue weighted by Gasteiger charge is 2.09. The second-order valence-corrected chi connectivity index (χ2v) is 5.48. The van der Waals surface area contributed by atoms with Gasteiger partial charge in [-0.2, -0.15) is 8.42 Å². The summed E-state index contributed by atoms with van der Waals surface area (Å²) in [6.07, 6.45) is 0. The molecule has 15 heavy (non-hydrogen) atoms. The first-order valence-corrected chi connectivity index (χ1v) is 6.57. The van der Waals surface area contributed by atoms with Crippen LogP contribution < -0.4 is 4.72 Å². The molecule has 0 saturated heterocycles. The van der Waals surface area contributed by atoms with Crippen molar-refractivity contribution >= 4 is 31.9 Å². The lowest BCUT2D eigenvalue weighted by molar-refractivity contribution is 0.489. The van der Waals surface area contributed by atoms with Crippen molar-refractivity contribution in [2.24, 2.45) is 0 Å². The molecule has 0 unspecified atom stereocenters. The van der Waals surface area contributed by atoms with Gasteiger partial charge in [-0.1, -0.05) is 19.9 Å². The first-order chi connectivity index (χ1) is 6.79. The molecule has 0 atom stereocenters. The van der Waals surface area contributed by atoms with Crippen LogP contribution in [-0.2, 0) is 10.3 Å². The van der Waals surface area contributed by atoms with Crippen LogP contribution in [-0.4, -0.2) is 13.0 Å². The fourth-order valence-electron chi connectivity index (χ4n) is 1.11. The summed E-state index contributed by atoms with van der Waals surface area (Å²) in [5.74, 6) is 0.362. The molecular weight excluding hydrogens is 282 g/mol. The molecule has 1 rings (SSSR count). The van der Waals surface area contributed by atoms with E-state index in [1.165, 1.54) is 0 Å². The Balaban J connectivity index is 3.04. The van der Waals surface area contributed by atoms with Crippen LogP contribution in [0.15, 0.2) is 22.7 Å². The van der Waals surface area contributed by atoms with Gasteiger partial charge in [0.15, 0.2) is 0 Å². The first kappa shape index (κ1) is 12.5. The standard InChI is InChI=1S/C9H12BrNO3S/c1-6(2)7-3-4-9(8(10)5-7)11-15(12,13)14/h3-6,11H,1-2H3,(H,12,13,14). The summed E-state index contributed by atoms with van der Waals surface area (Å²) in [4.78, 5) is 0. The molecule has 0 aliphatic rings. The largest absolute Gasteiger partial charge is 0.357 e. The maximum absolute atomic E-state index is 10.6. The topological polar surface area (TPSA) is 66.4 Å². The van der Waals surface area contributed by atoms with Gasteiger partial charge in [0.1, 0.15) is 0 Å². The lowest BCUT2D eigenvalue weighted by Gasteiger charge is -2.09. The number of benzene rings is 1. The fraction of sp³-hybridized carbons (Fsp3) is 0.333. The van der Waals surface area contributed by atoms with E-state index in [0.29, 0.717) is 16.1 Å². The molecule has 4 nitrogen and oxygen atoms in total. The zero-order valence-electron chi connectivity index (χ0n) is 8.36. The predicted molar refractivity (Wildman–Crippen MR) is 63.4 cm³/mol. The van der Waals surface area contributed by atoms with E-state index < -0.39 is 10.3 Å². The van der Waals surface area contributed by atoms with Crippen LogP contribution in [0.1, 0.15) is 25.3 Å². The van der Waals surface area contributed by atoms with Crippen molar-refractivity contribution in [3.8, 4) is 0 Å². The highest BCUT2D eigenvalue weighted by molar-refractivity contribution is 9.10. The maximum Gasteiger partial charge on any atom is 0.357 e. The van der Waals surface area contributed by atoms with Crippen LogP contribution in [0.2, 0.25) is 0 Å². The summed E-state index contributed by atoms with van der Waals surface area (Å²) in [6.45, 7) is 4.08. The zero-order chi connectivity index (χ0) is 11.6. The van der Waals surface area contributed by atoms with Gasteiger partial charge in [-0.05, 0) is 39.5 Å². The summed E-state index contributed by atoms with van der Waals surface area (Å²) in [5, 5.41) is 0. The van der Waals surface area contributed by atoms with E-state index in [9.17, 15) is 8.42 Å². The minimum Gasteiger partial charge on any atom is -0.269 e. The van der Waals surface area contributed by atoms with Gasteiger partial charge in [0.25, 0.3) is 0 Å². The van der Waals surface area contributed by atoms with Gasteiger partial charge in [-0.25, -0.2) is 0 Å². The molecule has 2 N–H and O–H groups in total. The molecule has 0 aliphatic carbocycles. The van der Waals surface area contributed by atoms with Crippen molar-refractivity contribution in [3.63, 3.8) is 0 Å². The van der Waals surface area contributed by atoms with Crippen molar-refractivity contribution < 1.29 is 13.0 Å². The third kappa shape index (κ3) is 3.81. The number of hydrogen-bond acceptors (Lipinski definition) is 2. The molecule has 0 amide bonds. The number of anilines is 1. The van der Waals surface area contributed by atoms with Gasteiger partial charge in [0.2, 0.25) is 0 Å². The average Bonchev–Trinajstić information content (AvgIpc) is 2.05. The van der Waals surface area contributed by atoms with Crippen LogP contribution >= 0.6 is 15.9 Å². The van der Waals surface area contributed by atoms with E-state index in [4.69, 9.17) is 4.55 Å². The molecule has 0 saturated carbocycles. The number of nitrogens with one attached hydrogen (secondary N) is 1. The van der Waals surface area contributed by atoms with Crippen LogP contribution in [0.25, 0.3) is 0 Å². The predicted octanol–water partition coefficient (Wildman–Crippen LogP) is 2.79. The smallest absolute Gasteiger partial charge is 0.269 e. The summed E-state index contributed by atoms with van der Waals surface area (Å²) < 4.78 is 32.4. The Labute approximate surface area is 97.7 Å². The minimum atomic E-state index is -4.21. The summed E-state index contributed by atoms with van der Waals surface area (Å²) in [6, 6.07) is 5.23. The Kier molecular flexibility index (Phi) is 3.75. The van der Waals surface area contributed by atoms with Gasteiger partial charge in [0, 0.05) is 4.47 Å². The van der Waals surface area contributed by atoms with E-state index >= 15 is 0 Å². The number of rotatable bonds is 3. The zero-order valence-corrected chi connectivity index (χ0v) is 10.8. The normalized spacial score (nSPS) is 11.8. The molecule has 0 spiro atoms. The molecule has 0 heterocycles. The lowest BCUT2D eigenvalue weighted by atomic mass is 10.0. The molecule has 0 radical (unpaired) electrons. The second-order valence-electron chi connectivity index (χ2n) is 3.47. The van der Waals surface area contributed by atoms with Crippen molar-refractivity contribution in [2.75, 3.05) is 4.72 Å². The third-order valence-electron chi connectivity index (χ3n) is 1.90. The van der Waals surface area contributed by atoms with E-state index in [-0.39, 0.29) is 0 Å². The van der Waals surface area contributed by atoms with Crippen LogP contribution in [0.3, 0.4) is 0 Å². The summed E-state index contributed by atoms with van der Waals surface area (Å²) >= 11 is 3.23. The van der Waals surface area contributed by atoms with Gasteiger partial charge >= 0.3 is 10.3 Å². The Morgan fingerprint density at radius 2 is 2.00 bits per heavy atom. The van der Waals surface area contributed by atoms with E-state index in [1.807, 2.05) is 30.7 Å². The molecule has 0 aliphatic heterocycles. The van der Waals surface area contributed by atoms with E-state index in [1.54, 1.807) is 6.07 Å². The number of halogens is 1. The van der Waals surface area contributed by atoms with Crippen LogP contribution in [0.4, 0.5) is 5.69 Å². The maximum atomic E-state index is 10.6. The second kappa shape index (κ2) is 4.51. The Morgan fingerprint density at radius 3 is 2.40 bits per heavy atom. The van der Waals surface area contributed by atoms with E-state index in [0.717, 1.165) is 5.56 Å². The van der Waals surface area contributed by atoms with Gasteiger partial charge in [0.05, 0.1) is 5.69 Å². The van der Waals surface area contributed by atoms with E-state index in [2.05, 4.69) is 15.9 Å². The summed E-state index contributed by atoms with van der Waals surface area (Å²) in [5.41, 5.74) is 1.41. The monoisotopic (exact) mass is 293 g/mol. The average molecular weight is 294 g/mol. The third-order valence-corrected chi connectivity index (χ3v) is 3.03. The Bertz CT molecular complexity index is 456. The van der Waals surface area contributed by atoms with Crippen LogP contribution in [0, 0.1) is 0 Å². The Hall–Kier alpha value is -0.590. The highest BCUT2D eigenvalue weighted by atomic mass is 79.9. The first-order valence-electron chi connectivity index (χ1n) is 4.34. The molecule has 1 aromatic rings. The quantitative estimate of drug-likeness (QED) is 0.842. The van der Waals surface area contributed by atoms with Gasteiger partial charge < -0.3 is 0 Å². The van der Waals surface area contributed by atoms with Crippen molar-refractivity contribution in [2.45, 2.75) is 19.8 Å². The molecule has 0 aromatic heterocycles. The lowest BCUT2D eigenvalue weighted by Crippen LogP contribution is -2.10. The molecule has 84 valence electrons. The van der Waals surface area contributed by atoms with Gasteiger partial charge in [-0.3, -0.25) is 9.27 Å². The van der Waals surface area contributed by atoms with Crippen molar-refractivity contribution in [1.82, 2.24) is 0 Å².